The molecule has 0 atom stereocenters. The van der Waals surface area contributed by atoms with Gasteiger partial charge in [-0.1, -0.05) is 12.1 Å². The summed E-state index contributed by atoms with van der Waals surface area (Å²) in [6.45, 7) is -0.00754. The van der Waals surface area contributed by atoms with Crippen LogP contribution < -0.4 is 10.1 Å². The zero-order valence-corrected chi connectivity index (χ0v) is 13.7. The summed E-state index contributed by atoms with van der Waals surface area (Å²) in [5, 5.41) is 2.59. The molecule has 0 aliphatic carbocycles. The number of rotatable bonds is 4. The molecule has 0 aliphatic heterocycles. The molecule has 2 aromatic rings. The maximum absolute atomic E-state index is 12.7. The lowest BCUT2D eigenvalue weighted by Crippen LogP contribution is -2.23. The summed E-state index contributed by atoms with van der Waals surface area (Å²) in [7, 11) is 1.48. The first-order valence-corrected chi connectivity index (χ1v) is 7.38. The molecular formula is C16H13BrF3NO2. The van der Waals surface area contributed by atoms with Crippen molar-refractivity contribution in [3.8, 4) is 5.75 Å². The Morgan fingerprint density at radius 2 is 1.96 bits per heavy atom. The zero-order valence-electron chi connectivity index (χ0n) is 12.1. The monoisotopic (exact) mass is 387 g/mol. The third-order valence-corrected chi connectivity index (χ3v) is 3.82. The van der Waals surface area contributed by atoms with Crippen molar-refractivity contribution in [1.29, 1.82) is 0 Å². The van der Waals surface area contributed by atoms with Crippen LogP contribution in [0.2, 0.25) is 0 Å². The predicted molar refractivity (Wildman–Crippen MR) is 83.3 cm³/mol. The first-order valence-electron chi connectivity index (χ1n) is 6.59. The van der Waals surface area contributed by atoms with Gasteiger partial charge in [0.05, 0.1) is 18.2 Å². The molecule has 7 heteroatoms. The minimum atomic E-state index is -4.41. The SMILES string of the molecule is COc1ccc(Br)c(C(=O)NCc2cccc(C(F)(F)F)c2)c1. The largest absolute Gasteiger partial charge is 0.497 e. The number of alkyl halides is 3. The van der Waals surface area contributed by atoms with Gasteiger partial charge in [-0.15, -0.1) is 0 Å². The van der Waals surface area contributed by atoms with Crippen molar-refractivity contribution in [2.75, 3.05) is 7.11 Å². The number of hydrogen-bond donors (Lipinski definition) is 1. The maximum atomic E-state index is 12.7. The number of nitrogens with one attached hydrogen (secondary N) is 1. The highest BCUT2D eigenvalue weighted by molar-refractivity contribution is 9.10. The second kappa shape index (κ2) is 7.04. The topological polar surface area (TPSA) is 38.3 Å². The average Bonchev–Trinajstić information content (AvgIpc) is 2.52. The average molecular weight is 388 g/mol. The minimum absolute atomic E-state index is 0.00754. The molecule has 2 aromatic carbocycles. The van der Waals surface area contributed by atoms with E-state index in [0.29, 0.717) is 21.3 Å². The number of halogens is 4. The van der Waals surface area contributed by atoms with Crippen LogP contribution in [-0.2, 0) is 12.7 Å². The van der Waals surface area contributed by atoms with Crippen molar-refractivity contribution >= 4 is 21.8 Å². The molecule has 0 unspecified atom stereocenters. The minimum Gasteiger partial charge on any atom is -0.497 e. The number of methoxy groups -OCH3 is 1. The van der Waals surface area contributed by atoms with E-state index in [1.54, 1.807) is 18.2 Å². The number of carbonyl (C=O) groups excluding carboxylic acids is 1. The van der Waals surface area contributed by atoms with Gasteiger partial charge in [0, 0.05) is 11.0 Å². The molecule has 2 rings (SSSR count). The summed E-state index contributed by atoms with van der Waals surface area (Å²) in [6.07, 6.45) is -4.41. The molecule has 0 spiro atoms. The smallest absolute Gasteiger partial charge is 0.416 e. The van der Waals surface area contributed by atoms with Crippen LogP contribution in [0.4, 0.5) is 13.2 Å². The molecule has 1 amide bonds. The molecule has 0 aromatic heterocycles. The Morgan fingerprint density at radius 1 is 1.22 bits per heavy atom. The number of ether oxygens (including phenoxy) is 1. The molecule has 0 saturated heterocycles. The van der Waals surface area contributed by atoms with Gasteiger partial charge in [0.25, 0.3) is 5.91 Å². The number of hydrogen-bond acceptors (Lipinski definition) is 2. The third-order valence-electron chi connectivity index (χ3n) is 3.13. The van der Waals surface area contributed by atoms with E-state index < -0.39 is 17.6 Å². The summed E-state index contributed by atoms with van der Waals surface area (Å²) < 4.78 is 43.6. The fourth-order valence-corrected chi connectivity index (χ4v) is 2.37. The van der Waals surface area contributed by atoms with Gasteiger partial charge in [0.2, 0.25) is 0 Å². The van der Waals surface area contributed by atoms with E-state index >= 15 is 0 Å². The van der Waals surface area contributed by atoms with Crippen LogP contribution in [-0.4, -0.2) is 13.0 Å². The van der Waals surface area contributed by atoms with Crippen LogP contribution in [0.25, 0.3) is 0 Å². The van der Waals surface area contributed by atoms with Crippen molar-refractivity contribution in [3.05, 3.63) is 63.6 Å². The Balaban J connectivity index is 2.11. The van der Waals surface area contributed by atoms with Crippen LogP contribution in [0.5, 0.6) is 5.75 Å². The van der Waals surface area contributed by atoms with Crippen molar-refractivity contribution < 1.29 is 22.7 Å². The Morgan fingerprint density at radius 3 is 2.61 bits per heavy atom. The van der Waals surface area contributed by atoms with Gasteiger partial charge in [0.15, 0.2) is 0 Å². The fourth-order valence-electron chi connectivity index (χ4n) is 1.94. The quantitative estimate of drug-likeness (QED) is 0.843. The molecule has 0 heterocycles. The Kier molecular flexibility index (Phi) is 5.30. The number of amides is 1. The summed E-state index contributed by atoms with van der Waals surface area (Å²) >= 11 is 3.26. The van der Waals surface area contributed by atoms with E-state index in [1.165, 1.54) is 19.2 Å². The van der Waals surface area contributed by atoms with E-state index in [0.717, 1.165) is 12.1 Å². The number of carbonyl (C=O) groups is 1. The molecule has 0 bridgehead atoms. The molecule has 0 aliphatic rings. The van der Waals surface area contributed by atoms with Gasteiger partial charge < -0.3 is 10.1 Å². The van der Waals surface area contributed by atoms with Crippen LogP contribution in [0.3, 0.4) is 0 Å². The van der Waals surface area contributed by atoms with Crippen LogP contribution in [0.15, 0.2) is 46.9 Å². The first-order chi connectivity index (χ1) is 10.8. The normalized spacial score (nSPS) is 11.2. The van der Waals surface area contributed by atoms with Gasteiger partial charge in [-0.2, -0.15) is 13.2 Å². The number of benzene rings is 2. The molecule has 0 saturated carbocycles. The summed E-state index contributed by atoms with van der Waals surface area (Å²) in [5.74, 6) is 0.102. The highest BCUT2D eigenvalue weighted by Crippen LogP contribution is 2.29. The summed E-state index contributed by atoms with van der Waals surface area (Å²) in [4.78, 5) is 12.2. The highest BCUT2D eigenvalue weighted by atomic mass is 79.9. The fraction of sp³-hybridized carbons (Fsp3) is 0.188. The highest BCUT2D eigenvalue weighted by Gasteiger charge is 2.30. The van der Waals surface area contributed by atoms with Gasteiger partial charge in [0.1, 0.15) is 5.75 Å². The Bertz CT molecular complexity index is 717. The molecule has 122 valence electrons. The first kappa shape index (κ1) is 17.3. The lowest BCUT2D eigenvalue weighted by Gasteiger charge is -2.11. The van der Waals surface area contributed by atoms with Crippen molar-refractivity contribution in [1.82, 2.24) is 5.32 Å². The van der Waals surface area contributed by atoms with E-state index in [1.807, 2.05) is 0 Å². The molecule has 1 N–H and O–H groups in total. The molecule has 3 nitrogen and oxygen atoms in total. The summed E-state index contributed by atoms with van der Waals surface area (Å²) in [6, 6.07) is 9.74. The molecular weight excluding hydrogens is 375 g/mol. The second-order valence-electron chi connectivity index (χ2n) is 4.73. The van der Waals surface area contributed by atoms with E-state index in [2.05, 4.69) is 21.2 Å². The Labute approximate surface area is 139 Å². The third kappa shape index (κ3) is 4.48. The summed E-state index contributed by atoms with van der Waals surface area (Å²) in [5.41, 5.74) is -0.0321. The van der Waals surface area contributed by atoms with Crippen LogP contribution in [0, 0.1) is 0 Å². The lowest BCUT2D eigenvalue weighted by molar-refractivity contribution is -0.137. The Hall–Kier alpha value is -2.02. The lowest BCUT2D eigenvalue weighted by atomic mass is 10.1. The maximum Gasteiger partial charge on any atom is 0.416 e. The standard InChI is InChI=1S/C16H13BrF3NO2/c1-23-12-5-6-14(17)13(8-12)15(22)21-9-10-3-2-4-11(7-10)16(18,19)20/h2-8H,9H2,1H3,(H,21,22). The van der Waals surface area contributed by atoms with Crippen molar-refractivity contribution in [2.45, 2.75) is 12.7 Å². The van der Waals surface area contributed by atoms with Gasteiger partial charge in [-0.3, -0.25) is 4.79 Å². The van der Waals surface area contributed by atoms with E-state index in [4.69, 9.17) is 4.74 Å². The molecule has 23 heavy (non-hydrogen) atoms. The predicted octanol–water partition coefficient (Wildman–Crippen LogP) is 4.41. The second-order valence-corrected chi connectivity index (χ2v) is 5.58. The molecule has 0 fully saturated rings. The van der Waals surface area contributed by atoms with Gasteiger partial charge in [-0.05, 0) is 51.8 Å². The van der Waals surface area contributed by atoms with E-state index in [-0.39, 0.29) is 6.54 Å². The zero-order chi connectivity index (χ0) is 17.0. The van der Waals surface area contributed by atoms with Gasteiger partial charge in [-0.25, -0.2) is 0 Å². The van der Waals surface area contributed by atoms with Crippen molar-refractivity contribution in [2.24, 2.45) is 0 Å². The van der Waals surface area contributed by atoms with E-state index in [9.17, 15) is 18.0 Å². The van der Waals surface area contributed by atoms with Gasteiger partial charge >= 0.3 is 6.18 Å². The molecule has 0 radical (unpaired) electrons. The van der Waals surface area contributed by atoms with Crippen LogP contribution in [0.1, 0.15) is 21.5 Å². The van der Waals surface area contributed by atoms with Crippen LogP contribution >= 0.6 is 15.9 Å². The van der Waals surface area contributed by atoms with Crippen molar-refractivity contribution in [3.63, 3.8) is 0 Å².